The molecule has 32 heavy (non-hydrogen) atoms. The smallest absolute Gasteiger partial charge is 0.339 e. The van der Waals surface area contributed by atoms with Crippen LogP contribution in [0, 0.1) is 23.7 Å². The maximum Gasteiger partial charge on any atom is 0.339 e. The third kappa shape index (κ3) is 3.28. The van der Waals surface area contributed by atoms with Crippen LogP contribution in [0.1, 0.15) is 26.2 Å². The van der Waals surface area contributed by atoms with E-state index in [9.17, 15) is 22.8 Å². The van der Waals surface area contributed by atoms with Gasteiger partial charge in [-0.2, -0.15) is 8.42 Å². The number of benzene rings is 2. The number of carbonyl (C=O) groups is 3. The van der Waals surface area contributed by atoms with Crippen molar-refractivity contribution in [3.8, 4) is 5.75 Å². The maximum atomic E-state index is 13.2. The van der Waals surface area contributed by atoms with Gasteiger partial charge in [0.15, 0.2) is 5.75 Å². The minimum atomic E-state index is -4.24. The first-order chi connectivity index (χ1) is 15.3. The number of para-hydroxylation sites is 2. The average molecular weight is 455 g/mol. The van der Waals surface area contributed by atoms with Crippen molar-refractivity contribution in [2.45, 2.75) is 31.1 Å². The number of nitrogens with zero attached hydrogens (tertiary/aromatic N) is 1. The molecule has 2 aromatic carbocycles. The maximum absolute atomic E-state index is 13.2. The third-order valence-corrected chi connectivity index (χ3v) is 7.94. The molecule has 2 aromatic rings. The molecule has 3 fully saturated rings. The number of anilines is 2. The number of fused-ring (bicyclic) bond motifs is 5. The van der Waals surface area contributed by atoms with Crippen LogP contribution in [0.3, 0.4) is 0 Å². The predicted octanol–water partition coefficient (Wildman–Crippen LogP) is 2.95. The Bertz CT molecular complexity index is 1200. The molecule has 2 saturated carbocycles. The van der Waals surface area contributed by atoms with E-state index in [1.165, 1.54) is 43.3 Å². The zero-order valence-electron chi connectivity index (χ0n) is 17.4. The van der Waals surface area contributed by atoms with E-state index in [0.29, 0.717) is 5.69 Å². The van der Waals surface area contributed by atoms with Gasteiger partial charge in [-0.3, -0.25) is 14.4 Å². The molecule has 5 rings (SSSR count). The summed E-state index contributed by atoms with van der Waals surface area (Å²) in [5.74, 6) is -1.05. The highest BCUT2D eigenvalue weighted by Gasteiger charge is 2.61. The van der Waals surface area contributed by atoms with Crippen LogP contribution in [0.25, 0.3) is 0 Å². The predicted molar refractivity (Wildman–Crippen MR) is 115 cm³/mol. The van der Waals surface area contributed by atoms with Gasteiger partial charge in [0.25, 0.3) is 0 Å². The van der Waals surface area contributed by atoms with Crippen LogP contribution in [-0.4, -0.2) is 26.1 Å². The number of amides is 3. The molecule has 0 spiro atoms. The van der Waals surface area contributed by atoms with Gasteiger partial charge >= 0.3 is 10.1 Å². The van der Waals surface area contributed by atoms with Gasteiger partial charge in [0.05, 0.1) is 17.5 Å². The van der Waals surface area contributed by atoms with Crippen molar-refractivity contribution in [3.63, 3.8) is 0 Å². The second kappa shape index (κ2) is 7.44. The second-order valence-corrected chi connectivity index (χ2v) is 10.2. The third-order valence-electron chi connectivity index (χ3n) is 6.70. The molecule has 3 aliphatic rings. The first kappa shape index (κ1) is 20.7. The Hall–Kier alpha value is -3.20. The molecule has 1 heterocycles. The Labute approximate surface area is 185 Å². The monoisotopic (exact) mass is 454 g/mol. The lowest BCUT2D eigenvalue weighted by Gasteiger charge is -2.20. The summed E-state index contributed by atoms with van der Waals surface area (Å²) in [7, 11) is -4.24. The van der Waals surface area contributed by atoms with Crippen LogP contribution in [0.4, 0.5) is 11.4 Å². The zero-order valence-corrected chi connectivity index (χ0v) is 18.2. The van der Waals surface area contributed by atoms with E-state index in [1.54, 1.807) is 12.1 Å². The van der Waals surface area contributed by atoms with Gasteiger partial charge in [-0.05, 0) is 67.5 Å². The minimum absolute atomic E-state index is 0.0764. The number of carbonyl (C=O) groups excluding carboxylic acids is 3. The van der Waals surface area contributed by atoms with Crippen molar-refractivity contribution >= 4 is 39.2 Å². The van der Waals surface area contributed by atoms with Crippen LogP contribution in [0.15, 0.2) is 53.4 Å². The van der Waals surface area contributed by atoms with Crippen molar-refractivity contribution in [1.29, 1.82) is 0 Å². The Morgan fingerprint density at radius 3 is 2.16 bits per heavy atom. The van der Waals surface area contributed by atoms with Gasteiger partial charge in [0, 0.05) is 12.6 Å². The molecule has 9 heteroatoms. The van der Waals surface area contributed by atoms with Crippen LogP contribution in [0.5, 0.6) is 5.75 Å². The van der Waals surface area contributed by atoms with Gasteiger partial charge in [-0.25, -0.2) is 4.90 Å². The zero-order chi connectivity index (χ0) is 22.6. The summed E-state index contributed by atoms with van der Waals surface area (Å²) >= 11 is 0. The number of rotatable bonds is 5. The molecule has 0 unspecified atom stereocenters. The van der Waals surface area contributed by atoms with E-state index in [-0.39, 0.29) is 57.7 Å². The number of imide groups is 1. The lowest BCUT2D eigenvalue weighted by molar-refractivity contribution is -0.123. The standard InChI is InChI=1S/C23H22N2O6S/c1-13(26)24-16-8-10-17(11-9-16)32(29,30)31-19-5-3-2-4-18(19)25-22(27)20-14-6-7-15(12-14)21(20)23(25)28/h2-5,8-11,14-15,20-21H,6-7,12H2,1H3,(H,24,26)/t14-,15-,20-,21+/m0/s1. The SMILES string of the molecule is CC(=O)Nc1ccc(S(=O)(=O)Oc2ccccc2N2C(=O)[C@@H]3[C@H]4CC[C@@H](C4)[C@@H]3C2=O)cc1. The number of hydrogen-bond acceptors (Lipinski definition) is 6. The van der Waals surface area contributed by atoms with Crippen LogP contribution < -0.4 is 14.4 Å². The van der Waals surface area contributed by atoms with E-state index >= 15 is 0 Å². The summed E-state index contributed by atoms with van der Waals surface area (Å²) in [5.41, 5.74) is 0.598. The van der Waals surface area contributed by atoms with E-state index in [2.05, 4.69) is 5.32 Å². The molecule has 166 valence electrons. The van der Waals surface area contributed by atoms with E-state index < -0.39 is 10.1 Å². The molecular formula is C23H22N2O6S. The summed E-state index contributed by atoms with van der Waals surface area (Å²) in [5, 5.41) is 2.56. The van der Waals surface area contributed by atoms with Crippen LogP contribution >= 0.6 is 0 Å². The summed E-state index contributed by atoms with van der Waals surface area (Å²) < 4.78 is 31.1. The molecule has 0 aromatic heterocycles. The fourth-order valence-electron chi connectivity index (χ4n) is 5.43. The normalized spacial score (nSPS) is 26.3. The van der Waals surface area contributed by atoms with Gasteiger partial charge in [-0.1, -0.05) is 12.1 Å². The quantitative estimate of drug-likeness (QED) is 0.550. The molecular weight excluding hydrogens is 432 g/mol. The fraction of sp³-hybridized carbons (Fsp3) is 0.348. The fourth-order valence-corrected chi connectivity index (χ4v) is 6.38. The lowest BCUT2D eigenvalue weighted by Crippen LogP contribution is -2.33. The molecule has 2 aliphatic carbocycles. The summed E-state index contributed by atoms with van der Waals surface area (Å²) in [6, 6.07) is 11.7. The highest BCUT2D eigenvalue weighted by atomic mass is 32.2. The van der Waals surface area contributed by atoms with E-state index in [1.807, 2.05) is 0 Å². The number of hydrogen-bond donors (Lipinski definition) is 1. The Morgan fingerprint density at radius 1 is 0.969 bits per heavy atom. The average Bonchev–Trinajstić information content (AvgIpc) is 3.42. The van der Waals surface area contributed by atoms with E-state index in [4.69, 9.17) is 4.18 Å². The van der Waals surface area contributed by atoms with Crippen LogP contribution in [0.2, 0.25) is 0 Å². The molecule has 0 radical (unpaired) electrons. The topological polar surface area (TPSA) is 110 Å². The van der Waals surface area contributed by atoms with Crippen molar-refractivity contribution in [1.82, 2.24) is 0 Å². The highest BCUT2D eigenvalue weighted by Crippen LogP contribution is 2.57. The molecule has 1 aliphatic heterocycles. The molecule has 4 atom stereocenters. The molecule has 1 N–H and O–H groups in total. The first-order valence-electron chi connectivity index (χ1n) is 10.6. The van der Waals surface area contributed by atoms with Gasteiger partial charge < -0.3 is 9.50 Å². The summed E-state index contributed by atoms with van der Waals surface area (Å²) in [6.45, 7) is 1.35. The Balaban J connectivity index is 1.44. The second-order valence-electron chi connectivity index (χ2n) is 8.61. The Morgan fingerprint density at radius 2 is 1.56 bits per heavy atom. The first-order valence-corrected chi connectivity index (χ1v) is 12.0. The van der Waals surface area contributed by atoms with Crippen molar-refractivity contribution in [2.24, 2.45) is 23.7 Å². The Kier molecular flexibility index (Phi) is 4.81. The number of nitrogens with one attached hydrogen (secondary N) is 1. The van der Waals surface area contributed by atoms with E-state index in [0.717, 1.165) is 24.2 Å². The minimum Gasteiger partial charge on any atom is -0.377 e. The summed E-state index contributed by atoms with van der Waals surface area (Å²) in [6.07, 6.45) is 2.83. The van der Waals surface area contributed by atoms with Gasteiger partial charge in [-0.15, -0.1) is 0 Å². The lowest BCUT2D eigenvalue weighted by atomic mass is 9.81. The molecule has 3 amide bonds. The highest BCUT2D eigenvalue weighted by molar-refractivity contribution is 7.87. The van der Waals surface area contributed by atoms with Gasteiger partial charge in [0.1, 0.15) is 4.90 Å². The van der Waals surface area contributed by atoms with Gasteiger partial charge in [0.2, 0.25) is 17.7 Å². The van der Waals surface area contributed by atoms with Crippen LogP contribution in [-0.2, 0) is 24.5 Å². The molecule has 2 bridgehead atoms. The van der Waals surface area contributed by atoms with Crippen molar-refractivity contribution in [2.75, 3.05) is 10.2 Å². The summed E-state index contributed by atoms with van der Waals surface area (Å²) in [4.78, 5) is 38.5. The molecule has 8 nitrogen and oxygen atoms in total. The molecule has 1 saturated heterocycles. The largest absolute Gasteiger partial charge is 0.377 e. The van der Waals surface area contributed by atoms with Crippen molar-refractivity contribution < 1.29 is 27.0 Å². The van der Waals surface area contributed by atoms with Crippen molar-refractivity contribution in [3.05, 3.63) is 48.5 Å².